The van der Waals surface area contributed by atoms with Crippen LogP contribution in [0.1, 0.15) is 23.6 Å². The zero-order chi connectivity index (χ0) is 11.8. The molecule has 1 aliphatic rings. The van der Waals surface area contributed by atoms with Crippen LogP contribution in [0.4, 0.5) is 13.2 Å². The van der Waals surface area contributed by atoms with Crippen molar-refractivity contribution in [2.45, 2.75) is 25.6 Å². The molecular weight excluding hydrogens is 217 g/mol. The maximum Gasteiger partial charge on any atom is 0.416 e. The summed E-state index contributed by atoms with van der Waals surface area (Å²) in [6.45, 7) is 1.83. The third-order valence-corrected chi connectivity index (χ3v) is 2.54. The van der Waals surface area contributed by atoms with Crippen LogP contribution in [0.2, 0.25) is 0 Å². The van der Waals surface area contributed by atoms with Gasteiger partial charge in [-0.25, -0.2) is 0 Å². The highest BCUT2D eigenvalue weighted by Gasteiger charge is 2.31. The van der Waals surface area contributed by atoms with Crippen molar-refractivity contribution in [3.8, 4) is 0 Å². The Bertz CT molecular complexity index is 421. The molecule has 0 saturated carbocycles. The standard InChI is InChI=1S/C12H11F3O/c1-8-6-10-7-11(12(13,14)15)3-2-9(10)4-5-16-8/h2-5,7-8H,6H2,1H3. The quantitative estimate of drug-likeness (QED) is 0.658. The molecule has 1 aromatic carbocycles. The van der Waals surface area contributed by atoms with Crippen molar-refractivity contribution in [1.29, 1.82) is 0 Å². The highest BCUT2D eigenvalue weighted by atomic mass is 19.4. The first-order valence-corrected chi connectivity index (χ1v) is 4.99. The molecule has 0 fully saturated rings. The first-order valence-electron chi connectivity index (χ1n) is 4.99. The predicted molar refractivity (Wildman–Crippen MR) is 54.7 cm³/mol. The molecule has 0 radical (unpaired) electrons. The summed E-state index contributed by atoms with van der Waals surface area (Å²) in [4.78, 5) is 0. The number of benzene rings is 1. The fraction of sp³-hybridized carbons (Fsp3) is 0.333. The Morgan fingerprint density at radius 1 is 1.31 bits per heavy atom. The molecule has 1 nitrogen and oxygen atoms in total. The van der Waals surface area contributed by atoms with E-state index >= 15 is 0 Å². The molecule has 16 heavy (non-hydrogen) atoms. The maximum absolute atomic E-state index is 12.5. The van der Waals surface area contributed by atoms with Gasteiger partial charge >= 0.3 is 6.18 Å². The zero-order valence-electron chi connectivity index (χ0n) is 8.71. The average molecular weight is 228 g/mol. The lowest BCUT2D eigenvalue weighted by Gasteiger charge is -2.12. The third-order valence-electron chi connectivity index (χ3n) is 2.54. The highest BCUT2D eigenvalue weighted by Crippen LogP contribution is 2.31. The van der Waals surface area contributed by atoms with E-state index in [0.717, 1.165) is 11.6 Å². The van der Waals surface area contributed by atoms with E-state index in [1.54, 1.807) is 6.08 Å². The van der Waals surface area contributed by atoms with Crippen LogP contribution >= 0.6 is 0 Å². The fourth-order valence-corrected chi connectivity index (χ4v) is 1.73. The Labute approximate surface area is 91.5 Å². The van der Waals surface area contributed by atoms with E-state index in [1.807, 2.05) is 6.92 Å². The van der Waals surface area contributed by atoms with Crippen molar-refractivity contribution >= 4 is 6.08 Å². The van der Waals surface area contributed by atoms with Crippen LogP contribution in [0.25, 0.3) is 6.08 Å². The molecule has 0 amide bonds. The Morgan fingerprint density at radius 3 is 2.75 bits per heavy atom. The summed E-state index contributed by atoms with van der Waals surface area (Å²) in [5.41, 5.74) is 0.863. The summed E-state index contributed by atoms with van der Waals surface area (Å²) < 4.78 is 42.8. The van der Waals surface area contributed by atoms with Crippen LogP contribution in [0.15, 0.2) is 24.5 Å². The SMILES string of the molecule is CC1Cc2cc(C(F)(F)F)ccc2C=CO1. The molecule has 1 aromatic rings. The van der Waals surface area contributed by atoms with Crippen molar-refractivity contribution in [3.05, 3.63) is 41.2 Å². The lowest BCUT2D eigenvalue weighted by atomic mass is 9.99. The molecule has 1 unspecified atom stereocenters. The van der Waals surface area contributed by atoms with Crippen LogP contribution < -0.4 is 0 Å². The molecule has 0 N–H and O–H groups in total. The van der Waals surface area contributed by atoms with Gasteiger partial charge in [-0.1, -0.05) is 6.07 Å². The number of hydrogen-bond acceptors (Lipinski definition) is 1. The van der Waals surface area contributed by atoms with Gasteiger partial charge < -0.3 is 4.74 Å². The molecule has 2 rings (SSSR count). The van der Waals surface area contributed by atoms with Crippen molar-refractivity contribution in [2.24, 2.45) is 0 Å². The molecule has 1 heterocycles. The second-order valence-corrected chi connectivity index (χ2v) is 3.86. The van der Waals surface area contributed by atoms with Gasteiger partial charge in [0.2, 0.25) is 0 Å². The number of hydrogen-bond donors (Lipinski definition) is 0. The molecule has 86 valence electrons. The number of halogens is 3. The molecule has 0 spiro atoms. The predicted octanol–water partition coefficient (Wildman–Crippen LogP) is 3.64. The summed E-state index contributed by atoms with van der Waals surface area (Å²) >= 11 is 0. The van der Waals surface area contributed by atoms with Crippen molar-refractivity contribution in [3.63, 3.8) is 0 Å². The van der Waals surface area contributed by atoms with Gasteiger partial charge in [0.1, 0.15) is 0 Å². The average Bonchev–Trinajstić information content (AvgIpc) is 2.35. The summed E-state index contributed by atoms with van der Waals surface area (Å²) in [7, 11) is 0. The van der Waals surface area contributed by atoms with Gasteiger partial charge in [0.05, 0.1) is 17.9 Å². The Balaban J connectivity index is 2.42. The van der Waals surface area contributed by atoms with Crippen molar-refractivity contribution in [2.75, 3.05) is 0 Å². The molecule has 0 saturated heterocycles. The third kappa shape index (κ3) is 2.21. The highest BCUT2D eigenvalue weighted by molar-refractivity contribution is 5.55. The minimum Gasteiger partial charge on any atom is -0.498 e. The lowest BCUT2D eigenvalue weighted by molar-refractivity contribution is -0.137. The van der Waals surface area contributed by atoms with Gasteiger partial charge in [0.25, 0.3) is 0 Å². The molecule has 4 heteroatoms. The van der Waals surface area contributed by atoms with E-state index in [0.29, 0.717) is 12.0 Å². The molecule has 1 atom stereocenters. The normalized spacial score (nSPS) is 19.9. The Kier molecular flexibility index (Phi) is 2.66. The summed E-state index contributed by atoms with van der Waals surface area (Å²) in [6.07, 6.45) is -0.662. The van der Waals surface area contributed by atoms with Gasteiger partial charge in [-0.15, -0.1) is 0 Å². The number of ether oxygens (including phenoxy) is 1. The summed E-state index contributed by atoms with van der Waals surface area (Å²) in [5, 5.41) is 0. The largest absolute Gasteiger partial charge is 0.498 e. The van der Waals surface area contributed by atoms with Crippen LogP contribution in [0, 0.1) is 0 Å². The minimum absolute atomic E-state index is 0.0963. The minimum atomic E-state index is -4.28. The van der Waals surface area contributed by atoms with Gasteiger partial charge in [-0.3, -0.25) is 0 Å². The number of alkyl halides is 3. The van der Waals surface area contributed by atoms with Crippen LogP contribution in [-0.2, 0) is 17.3 Å². The number of rotatable bonds is 0. The molecule has 1 aliphatic heterocycles. The van der Waals surface area contributed by atoms with E-state index in [2.05, 4.69) is 0 Å². The molecule has 0 aliphatic carbocycles. The van der Waals surface area contributed by atoms with Crippen molar-refractivity contribution < 1.29 is 17.9 Å². The Morgan fingerprint density at radius 2 is 2.06 bits per heavy atom. The van der Waals surface area contributed by atoms with Crippen LogP contribution in [0.5, 0.6) is 0 Å². The van der Waals surface area contributed by atoms with Crippen LogP contribution in [0.3, 0.4) is 0 Å². The van der Waals surface area contributed by atoms with E-state index < -0.39 is 11.7 Å². The van der Waals surface area contributed by atoms with E-state index in [4.69, 9.17) is 4.74 Å². The number of fused-ring (bicyclic) bond motifs is 1. The topological polar surface area (TPSA) is 9.23 Å². The second-order valence-electron chi connectivity index (χ2n) is 3.86. The van der Waals surface area contributed by atoms with Gasteiger partial charge in [-0.2, -0.15) is 13.2 Å². The zero-order valence-corrected chi connectivity index (χ0v) is 8.71. The van der Waals surface area contributed by atoms with E-state index in [1.165, 1.54) is 18.4 Å². The van der Waals surface area contributed by atoms with Gasteiger partial charge in [0.15, 0.2) is 0 Å². The van der Waals surface area contributed by atoms with Gasteiger partial charge in [-0.05, 0) is 36.3 Å². The Hall–Kier alpha value is -1.45. The van der Waals surface area contributed by atoms with Crippen LogP contribution in [-0.4, -0.2) is 6.10 Å². The summed E-state index contributed by atoms with van der Waals surface area (Å²) in [6, 6.07) is 3.78. The monoisotopic (exact) mass is 228 g/mol. The summed E-state index contributed by atoms with van der Waals surface area (Å²) in [5.74, 6) is 0. The first-order chi connectivity index (χ1) is 7.47. The maximum atomic E-state index is 12.5. The van der Waals surface area contributed by atoms with E-state index in [-0.39, 0.29) is 6.10 Å². The van der Waals surface area contributed by atoms with Gasteiger partial charge in [0, 0.05) is 6.42 Å². The second kappa shape index (κ2) is 3.85. The molecule has 0 aromatic heterocycles. The lowest BCUT2D eigenvalue weighted by Crippen LogP contribution is -2.10. The smallest absolute Gasteiger partial charge is 0.416 e. The van der Waals surface area contributed by atoms with E-state index in [9.17, 15) is 13.2 Å². The van der Waals surface area contributed by atoms with Crippen molar-refractivity contribution in [1.82, 2.24) is 0 Å². The fourth-order valence-electron chi connectivity index (χ4n) is 1.73. The first kappa shape index (κ1) is 11.0. The molecular formula is C12H11F3O. The molecule has 0 bridgehead atoms.